The van der Waals surface area contributed by atoms with Gasteiger partial charge < -0.3 is 9.47 Å². The Balaban J connectivity index is 1.84. The number of ether oxygens (including phenoxy) is 2. The van der Waals surface area contributed by atoms with Crippen molar-refractivity contribution in [3.63, 3.8) is 0 Å². The van der Waals surface area contributed by atoms with Gasteiger partial charge >= 0.3 is 5.97 Å². The van der Waals surface area contributed by atoms with Gasteiger partial charge in [-0.1, -0.05) is 47.5 Å². The number of fused-ring (bicyclic) bond motifs is 6. The summed E-state index contributed by atoms with van der Waals surface area (Å²) in [6, 6.07) is 12.9. The molecule has 3 aliphatic rings. The fourth-order valence-electron chi connectivity index (χ4n) is 4.01. The van der Waals surface area contributed by atoms with Gasteiger partial charge in [0.2, 0.25) is 0 Å². The average molecular weight is 371 g/mol. The van der Waals surface area contributed by atoms with Gasteiger partial charge in [0.05, 0.1) is 11.5 Å². The Morgan fingerprint density at radius 3 is 2.76 bits per heavy atom. The molecule has 0 N–H and O–H groups in total. The minimum absolute atomic E-state index is 0.212. The van der Waals surface area contributed by atoms with Crippen LogP contribution in [0.2, 0.25) is 5.02 Å². The molecule has 2 heterocycles. The molecule has 25 heavy (non-hydrogen) atoms. The lowest BCUT2D eigenvalue weighted by atomic mass is 9.70. The van der Waals surface area contributed by atoms with Gasteiger partial charge in [-0.2, -0.15) is 0 Å². The largest absolute Gasteiger partial charge is 0.485 e. The monoisotopic (exact) mass is 370 g/mol. The van der Waals surface area contributed by atoms with Crippen LogP contribution in [0.4, 0.5) is 0 Å². The zero-order valence-electron chi connectivity index (χ0n) is 12.9. The number of esters is 1. The van der Waals surface area contributed by atoms with Gasteiger partial charge in [0.1, 0.15) is 11.9 Å². The predicted molar refractivity (Wildman–Crippen MR) is 95.1 cm³/mol. The quantitative estimate of drug-likeness (QED) is 0.623. The van der Waals surface area contributed by atoms with Gasteiger partial charge in [0.25, 0.3) is 0 Å². The van der Waals surface area contributed by atoms with Crippen molar-refractivity contribution in [2.24, 2.45) is 5.92 Å². The second-order valence-electron chi connectivity index (χ2n) is 6.33. The molecular formula is C20H12Cl2O3. The molecule has 1 spiro atoms. The number of halogens is 2. The Labute approximate surface area is 154 Å². The van der Waals surface area contributed by atoms with Crippen LogP contribution in [-0.4, -0.2) is 12.1 Å². The van der Waals surface area contributed by atoms with Crippen LogP contribution in [0.1, 0.15) is 21.5 Å². The van der Waals surface area contributed by atoms with Crippen LogP contribution < -0.4 is 4.74 Å². The molecule has 0 bridgehead atoms. The second kappa shape index (κ2) is 5.13. The highest BCUT2D eigenvalue weighted by Gasteiger charge is 2.58. The maximum atomic E-state index is 12.6. The summed E-state index contributed by atoms with van der Waals surface area (Å²) in [5.74, 6) is 0.0664. The molecule has 2 aromatic carbocycles. The summed E-state index contributed by atoms with van der Waals surface area (Å²) >= 11 is 12.3. The molecule has 3 unspecified atom stereocenters. The summed E-state index contributed by atoms with van der Waals surface area (Å²) in [4.78, 5) is 12.6. The van der Waals surface area contributed by atoms with E-state index < -0.39 is 5.60 Å². The van der Waals surface area contributed by atoms with Gasteiger partial charge in [-0.05, 0) is 36.4 Å². The molecule has 3 atom stereocenters. The Kier molecular flexibility index (Phi) is 3.09. The maximum Gasteiger partial charge on any atom is 0.339 e. The van der Waals surface area contributed by atoms with E-state index in [4.69, 9.17) is 32.7 Å². The first-order chi connectivity index (χ1) is 12.1. The van der Waals surface area contributed by atoms with E-state index in [1.807, 2.05) is 42.5 Å². The van der Waals surface area contributed by atoms with Crippen LogP contribution in [0.15, 0.2) is 65.7 Å². The van der Waals surface area contributed by atoms with Crippen molar-refractivity contribution in [3.8, 4) is 5.75 Å². The third kappa shape index (κ3) is 1.97. The molecule has 0 amide bonds. The van der Waals surface area contributed by atoms with Gasteiger partial charge in [-0.25, -0.2) is 4.79 Å². The average Bonchev–Trinajstić information content (AvgIpc) is 2.88. The van der Waals surface area contributed by atoms with Crippen molar-refractivity contribution in [1.82, 2.24) is 0 Å². The fraction of sp³-hybridized carbons (Fsp3) is 0.150. The summed E-state index contributed by atoms with van der Waals surface area (Å²) in [5, 5.41) is 1.16. The van der Waals surface area contributed by atoms with E-state index in [1.165, 1.54) is 0 Å². The van der Waals surface area contributed by atoms with Crippen LogP contribution >= 0.6 is 23.2 Å². The van der Waals surface area contributed by atoms with E-state index >= 15 is 0 Å². The Morgan fingerprint density at radius 2 is 1.88 bits per heavy atom. The van der Waals surface area contributed by atoms with Crippen LogP contribution in [0, 0.1) is 5.92 Å². The summed E-state index contributed by atoms with van der Waals surface area (Å²) in [6.45, 7) is 0. The lowest BCUT2D eigenvalue weighted by Crippen LogP contribution is -2.48. The molecule has 0 radical (unpaired) electrons. The van der Waals surface area contributed by atoms with E-state index in [-0.39, 0.29) is 18.0 Å². The van der Waals surface area contributed by atoms with Crippen LogP contribution in [0.3, 0.4) is 0 Å². The fourth-order valence-corrected chi connectivity index (χ4v) is 4.37. The van der Waals surface area contributed by atoms with Gasteiger partial charge in [-0.3, -0.25) is 0 Å². The van der Waals surface area contributed by atoms with E-state index in [9.17, 15) is 4.79 Å². The SMILES string of the molecule is O=C1OC2(c3ccc(Cl)cc3OC3C=C(Cl)C=CC32)c2ccccc21. The van der Waals surface area contributed by atoms with E-state index in [0.717, 1.165) is 11.1 Å². The second-order valence-corrected chi connectivity index (χ2v) is 7.20. The minimum Gasteiger partial charge on any atom is -0.485 e. The molecule has 1 aliphatic carbocycles. The van der Waals surface area contributed by atoms with Crippen molar-refractivity contribution >= 4 is 29.2 Å². The highest BCUT2D eigenvalue weighted by atomic mass is 35.5. The molecule has 0 aromatic heterocycles. The van der Waals surface area contributed by atoms with Crippen LogP contribution in [0.5, 0.6) is 5.75 Å². The molecular weight excluding hydrogens is 359 g/mol. The van der Waals surface area contributed by atoms with Crippen molar-refractivity contribution in [2.45, 2.75) is 11.7 Å². The van der Waals surface area contributed by atoms with Crippen molar-refractivity contribution in [3.05, 3.63) is 87.4 Å². The summed E-state index contributed by atoms with van der Waals surface area (Å²) in [7, 11) is 0. The Morgan fingerprint density at radius 1 is 1.04 bits per heavy atom. The van der Waals surface area contributed by atoms with Crippen molar-refractivity contribution in [2.75, 3.05) is 0 Å². The zero-order chi connectivity index (χ0) is 17.2. The smallest absolute Gasteiger partial charge is 0.339 e. The minimum atomic E-state index is -0.943. The molecule has 2 aromatic rings. The predicted octanol–water partition coefficient (Wildman–Crippen LogP) is 4.82. The highest BCUT2D eigenvalue weighted by Crippen LogP contribution is 2.56. The van der Waals surface area contributed by atoms with Gasteiger partial charge in [0.15, 0.2) is 5.60 Å². The molecule has 0 fully saturated rings. The van der Waals surface area contributed by atoms with E-state index in [1.54, 1.807) is 18.2 Å². The number of hydrogen-bond acceptors (Lipinski definition) is 3. The topological polar surface area (TPSA) is 35.5 Å². The van der Waals surface area contributed by atoms with E-state index in [2.05, 4.69) is 0 Å². The molecule has 124 valence electrons. The number of carbonyl (C=O) groups excluding carboxylic acids is 1. The van der Waals surface area contributed by atoms with Crippen LogP contribution in [0.25, 0.3) is 0 Å². The van der Waals surface area contributed by atoms with Crippen LogP contribution in [-0.2, 0) is 10.3 Å². The molecule has 3 nitrogen and oxygen atoms in total. The molecule has 0 saturated carbocycles. The highest BCUT2D eigenvalue weighted by molar-refractivity contribution is 6.31. The first kappa shape index (κ1) is 15.1. The van der Waals surface area contributed by atoms with Crippen molar-refractivity contribution < 1.29 is 14.3 Å². The number of carbonyl (C=O) groups is 1. The third-order valence-electron chi connectivity index (χ3n) is 5.02. The third-order valence-corrected chi connectivity index (χ3v) is 5.50. The Hall–Kier alpha value is -2.23. The number of allylic oxidation sites excluding steroid dienone is 2. The number of rotatable bonds is 0. The van der Waals surface area contributed by atoms with Crippen molar-refractivity contribution in [1.29, 1.82) is 0 Å². The molecule has 0 saturated heterocycles. The number of benzene rings is 2. The summed E-state index contributed by atoms with van der Waals surface area (Å²) in [5.41, 5.74) is 1.28. The molecule has 5 heteroatoms. The maximum absolute atomic E-state index is 12.6. The first-order valence-corrected chi connectivity index (χ1v) is 8.70. The summed E-state index contributed by atoms with van der Waals surface area (Å²) < 4.78 is 12.2. The zero-order valence-corrected chi connectivity index (χ0v) is 14.4. The van der Waals surface area contributed by atoms with Gasteiger partial charge in [-0.15, -0.1) is 0 Å². The Bertz CT molecular complexity index is 979. The standard InChI is InChI=1S/C20H12Cl2O3/c21-11-5-7-15-17(9-11)24-18-10-12(22)6-8-16(18)20(15)14-4-2-1-3-13(14)19(23)25-20/h1-10,15,17H. The van der Waals surface area contributed by atoms with E-state index in [0.29, 0.717) is 21.4 Å². The normalized spacial score (nSPS) is 28.6. The molecule has 5 rings (SSSR count). The number of hydrogen-bond donors (Lipinski definition) is 0. The summed E-state index contributed by atoms with van der Waals surface area (Å²) in [6.07, 6.45) is 5.28. The molecule has 2 aliphatic heterocycles. The first-order valence-electron chi connectivity index (χ1n) is 7.94. The lowest BCUT2D eigenvalue weighted by Gasteiger charge is -2.45. The lowest BCUT2D eigenvalue weighted by molar-refractivity contribution is -0.0416. The van der Waals surface area contributed by atoms with Gasteiger partial charge in [0, 0.05) is 21.2 Å².